The average Bonchev–Trinajstić information content (AvgIpc) is 3.48. The van der Waals surface area contributed by atoms with E-state index in [1.165, 1.54) is 18.0 Å². The summed E-state index contributed by atoms with van der Waals surface area (Å²) in [7, 11) is 1.78. The van der Waals surface area contributed by atoms with E-state index in [9.17, 15) is 9.59 Å². The second-order valence-electron chi connectivity index (χ2n) is 6.44. The van der Waals surface area contributed by atoms with Gasteiger partial charge in [-0.25, -0.2) is 0 Å². The van der Waals surface area contributed by atoms with Crippen LogP contribution in [0.2, 0.25) is 0 Å². The van der Waals surface area contributed by atoms with Crippen LogP contribution >= 0.6 is 11.8 Å². The Labute approximate surface area is 175 Å². The van der Waals surface area contributed by atoms with E-state index in [2.05, 4.69) is 20.8 Å². The Kier molecular flexibility index (Phi) is 5.61. The van der Waals surface area contributed by atoms with E-state index in [-0.39, 0.29) is 30.9 Å². The lowest BCUT2D eigenvalue weighted by atomic mass is 10.2. The lowest BCUT2D eigenvalue weighted by Gasteiger charge is -2.12. The molecule has 30 heavy (non-hydrogen) atoms. The number of rotatable bonds is 7. The quantitative estimate of drug-likeness (QED) is 0.549. The van der Waals surface area contributed by atoms with Gasteiger partial charge in [0.25, 0.3) is 5.91 Å². The Hall–Kier alpha value is -3.47. The van der Waals surface area contributed by atoms with Crippen LogP contribution in [-0.4, -0.2) is 38.6 Å². The minimum absolute atomic E-state index is 0.176. The van der Waals surface area contributed by atoms with Crippen LogP contribution in [0.5, 0.6) is 11.5 Å². The van der Waals surface area contributed by atoms with E-state index in [0.29, 0.717) is 28.2 Å². The summed E-state index contributed by atoms with van der Waals surface area (Å²) >= 11 is 1.27. The Morgan fingerprint density at radius 2 is 2.07 bits per heavy atom. The third-order valence-corrected chi connectivity index (χ3v) is 5.50. The maximum absolute atomic E-state index is 12.6. The molecule has 156 valence electrons. The van der Waals surface area contributed by atoms with Crippen LogP contribution in [0.25, 0.3) is 0 Å². The number of fused-ring (bicyclic) bond motifs is 1. The number of ether oxygens (including phenoxy) is 2. The molecule has 3 aromatic rings. The predicted molar refractivity (Wildman–Crippen MR) is 107 cm³/mol. The van der Waals surface area contributed by atoms with Crippen LogP contribution < -0.4 is 20.1 Å². The average molecular weight is 429 g/mol. The van der Waals surface area contributed by atoms with Crippen molar-refractivity contribution in [2.24, 2.45) is 7.05 Å². The Bertz CT molecular complexity index is 1070. The molecule has 1 aliphatic heterocycles. The maximum Gasteiger partial charge on any atom is 0.287 e. The fourth-order valence-corrected chi connectivity index (χ4v) is 3.52. The first-order chi connectivity index (χ1) is 14.5. The van der Waals surface area contributed by atoms with Crippen molar-refractivity contribution in [2.75, 3.05) is 12.1 Å². The molecule has 0 radical (unpaired) electrons. The highest BCUT2D eigenvalue weighted by Gasteiger charge is 2.21. The van der Waals surface area contributed by atoms with Gasteiger partial charge < -0.3 is 29.1 Å². The normalized spacial score (nSPS) is 13.1. The van der Waals surface area contributed by atoms with Crippen molar-refractivity contribution in [2.45, 2.75) is 23.9 Å². The largest absolute Gasteiger partial charge is 0.459 e. The standard InChI is InChI=1S/C19H19N5O5S/c1-11(17(25)21-12-5-6-13-15(8-12)29-10-28-13)30-19-23-22-16(24(19)2)9-20-18(26)14-4-3-7-27-14/h3-8,11H,9-10H2,1-2H3,(H,20,26)(H,21,25)/t11-/m1/s1. The maximum atomic E-state index is 12.6. The van der Waals surface area contributed by atoms with Crippen molar-refractivity contribution < 1.29 is 23.5 Å². The minimum atomic E-state index is -0.427. The van der Waals surface area contributed by atoms with Gasteiger partial charge in [-0.1, -0.05) is 11.8 Å². The fourth-order valence-electron chi connectivity index (χ4n) is 2.69. The van der Waals surface area contributed by atoms with Gasteiger partial charge >= 0.3 is 0 Å². The third-order valence-electron chi connectivity index (χ3n) is 4.37. The number of hydrogen-bond donors (Lipinski definition) is 2. The summed E-state index contributed by atoms with van der Waals surface area (Å²) in [6, 6.07) is 8.45. The van der Waals surface area contributed by atoms with Gasteiger partial charge in [0, 0.05) is 18.8 Å². The highest BCUT2D eigenvalue weighted by molar-refractivity contribution is 8.00. The van der Waals surface area contributed by atoms with Crippen molar-refractivity contribution in [1.29, 1.82) is 0 Å². The van der Waals surface area contributed by atoms with Gasteiger partial charge in [0.15, 0.2) is 28.2 Å². The predicted octanol–water partition coefficient (Wildman–Crippen LogP) is 2.19. The van der Waals surface area contributed by atoms with Crippen LogP contribution in [0.15, 0.2) is 46.2 Å². The molecule has 0 fully saturated rings. The lowest BCUT2D eigenvalue weighted by molar-refractivity contribution is -0.115. The molecule has 0 saturated heterocycles. The van der Waals surface area contributed by atoms with E-state index in [1.807, 2.05) is 0 Å². The molecule has 4 rings (SSSR count). The van der Waals surface area contributed by atoms with Crippen LogP contribution in [0.3, 0.4) is 0 Å². The number of thioether (sulfide) groups is 1. The van der Waals surface area contributed by atoms with Crippen molar-refractivity contribution in [3.05, 3.63) is 48.2 Å². The monoisotopic (exact) mass is 429 g/mol. The highest BCUT2D eigenvalue weighted by atomic mass is 32.2. The Balaban J connectivity index is 1.33. The molecule has 2 amide bonds. The van der Waals surface area contributed by atoms with Gasteiger partial charge in [0.1, 0.15) is 0 Å². The summed E-state index contributed by atoms with van der Waals surface area (Å²) in [6.07, 6.45) is 1.43. The van der Waals surface area contributed by atoms with Crippen molar-refractivity contribution in [1.82, 2.24) is 20.1 Å². The fraction of sp³-hybridized carbons (Fsp3) is 0.263. The molecule has 2 N–H and O–H groups in total. The van der Waals surface area contributed by atoms with Gasteiger partial charge in [-0.3, -0.25) is 9.59 Å². The molecular formula is C19H19N5O5S. The number of nitrogens with one attached hydrogen (secondary N) is 2. The first-order valence-electron chi connectivity index (χ1n) is 9.08. The van der Waals surface area contributed by atoms with Gasteiger partial charge in [-0.2, -0.15) is 0 Å². The zero-order valence-electron chi connectivity index (χ0n) is 16.2. The van der Waals surface area contributed by atoms with Crippen LogP contribution in [0, 0.1) is 0 Å². The number of carbonyl (C=O) groups is 2. The lowest BCUT2D eigenvalue weighted by Crippen LogP contribution is -2.24. The highest BCUT2D eigenvalue weighted by Crippen LogP contribution is 2.34. The molecule has 0 unspecified atom stereocenters. The minimum Gasteiger partial charge on any atom is -0.459 e. The molecule has 11 heteroatoms. The SMILES string of the molecule is C[C@@H](Sc1nnc(CNC(=O)c2ccco2)n1C)C(=O)Nc1ccc2c(c1)OCO2. The van der Waals surface area contributed by atoms with Crippen molar-refractivity contribution in [3.63, 3.8) is 0 Å². The molecule has 1 atom stereocenters. The number of nitrogens with zero attached hydrogens (tertiary/aromatic N) is 3. The van der Waals surface area contributed by atoms with Gasteiger partial charge in [-0.15, -0.1) is 10.2 Å². The van der Waals surface area contributed by atoms with Gasteiger partial charge in [-0.05, 0) is 31.2 Å². The van der Waals surface area contributed by atoms with Crippen molar-refractivity contribution >= 4 is 29.3 Å². The molecule has 10 nitrogen and oxygen atoms in total. The molecule has 0 bridgehead atoms. The number of amides is 2. The number of hydrogen-bond acceptors (Lipinski definition) is 8. The van der Waals surface area contributed by atoms with Crippen LogP contribution in [0.4, 0.5) is 5.69 Å². The summed E-state index contributed by atoms with van der Waals surface area (Å²) in [5.74, 6) is 1.51. The van der Waals surface area contributed by atoms with E-state index in [4.69, 9.17) is 13.9 Å². The van der Waals surface area contributed by atoms with E-state index < -0.39 is 5.25 Å². The van der Waals surface area contributed by atoms with Gasteiger partial charge in [0.05, 0.1) is 18.1 Å². The first kappa shape index (κ1) is 19.8. The summed E-state index contributed by atoms with van der Waals surface area (Å²) in [5, 5.41) is 13.9. The van der Waals surface area contributed by atoms with E-state index in [0.717, 1.165) is 0 Å². The Morgan fingerprint density at radius 1 is 1.23 bits per heavy atom. The zero-order valence-corrected chi connectivity index (χ0v) is 17.1. The number of carbonyl (C=O) groups excluding carboxylic acids is 2. The smallest absolute Gasteiger partial charge is 0.287 e. The summed E-state index contributed by atoms with van der Waals surface area (Å²) in [6.45, 7) is 2.14. The topological polar surface area (TPSA) is 121 Å². The number of anilines is 1. The first-order valence-corrected chi connectivity index (χ1v) is 9.96. The third kappa shape index (κ3) is 4.25. The molecule has 3 heterocycles. The van der Waals surface area contributed by atoms with Gasteiger partial charge in [0.2, 0.25) is 12.7 Å². The molecule has 1 aliphatic rings. The van der Waals surface area contributed by atoms with Crippen LogP contribution in [-0.2, 0) is 18.4 Å². The van der Waals surface area contributed by atoms with Crippen LogP contribution in [0.1, 0.15) is 23.3 Å². The molecule has 1 aromatic carbocycles. The molecule has 0 aliphatic carbocycles. The summed E-state index contributed by atoms with van der Waals surface area (Å²) < 4.78 is 17.4. The molecule has 0 saturated carbocycles. The Morgan fingerprint density at radius 3 is 2.87 bits per heavy atom. The second kappa shape index (κ2) is 8.49. The second-order valence-corrected chi connectivity index (χ2v) is 7.74. The molecule has 0 spiro atoms. The summed E-state index contributed by atoms with van der Waals surface area (Å²) in [4.78, 5) is 24.5. The van der Waals surface area contributed by atoms with E-state index in [1.54, 1.807) is 48.9 Å². The number of furan rings is 1. The van der Waals surface area contributed by atoms with E-state index >= 15 is 0 Å². The molecular weight excluding hydrogens is 410 g/mol. The number of aromatic nitrogens is 3. The molecule has 2 aromatic heterocycles. The number of benzene rings is 1. The van der Waals surface area contributed by atoms with Crippen molar-refractivity contribution in [3.8, 4) is 11.5 Å². The summed E-state index contributed by atoms with van der Waals surface area (Å²) in [5.41, 5.74) is 0.621. The zero-order chi connectivity index (χ0) is 21.1.